The van der Waals surface area contributed by atoms with Crippen LogP contribution in [0.2, 0.25) is 0 Å². The van der Waals surface area contributed by atoms with Gasteiger partial charge >= 0.3 is 6.09 Å². The molecule has 0 spiro atoms. The van der Waals surface area contributed by atoms with Gasteiger partial charge in [0.2, 0.25) is 12.1 Å². The van der Waals surface area contributed by atoms with Crippen molar-refractivity contribution in [2.24, 2.45) is 10.9 Å². The largest absolute Gasteiger partial charge is 0.420 e. The number of alkyl carbamates (subject to hydrolysis) is 1. The van der Waals surface area contributed by atoms with Gasteiger partial charge in [-0.15, -0.1) is 0 Å². The quantitative estimate of drug-likeness (QED) is 0.823. The summed E-state index contributed by atoms with van der Waals surface area (Å²) in [7, 11) is 0. The third-order valence-electron chi connectivity index (χ3n) is 2.49. The van der Waals surface area contributed by atoms with E-state index in [1.54, 1.807) is 4.90 Å². The standard InChI is InChI=1S/C13H23N3O3/c1-9(2)11(17)16-7-6-14-8-10(16)19-12(18)15-13(3,4)5/h8-10H,6-7H2,1-5H3,(H,15,18). The van der Waals surface area contributed by atoms with E-state index in [1.165, 1.54) is 6.21 Å². The number of ether oxygens (including phenoxy) is 1. The Morgan fingerprint density at radius 1 is 1.42 bits per heavy atom. The van der Waals surface area contributed by atoms with Gasteiger partial charge in [-0.2, -0.15) is 0 Å². The van der Waals surface area contributed by atoms with Crippen LogP contribution in [0.15, 0.2) is 4.99 Å². The summed E-state index contributed by atoms with van der Waals surface area (Å²) in [5.74, 6) is -0.178. The molecule has 1 atom stereocenters. The van der Waals surface area contributed by atoms with Crippen molar-refractivity contribution >= 4 is 18.2 Å². The first-order valence-corrected chi connectivity index (χ1v) is 6.50. The predicted molar refractivity (Wildman–Crippen MR) is 73.1 cm³/mol. The number of hydrogen-bond acceptors (Lipinski definition) is 4. The van der Waals surface area contributed by atoms with Crippen molar-refractivity contribution in [2.45, 2.75) is 46.4 Å². The number of aliphatic imine (C=N–C) groups is 1. The summed E-state index contributed by atoms with van der Waals surface area (Å²) >= 11 is 0. The van der Waals surface area contributed by atoms with Crippen molar-refractivity contribution in [3.05, 3.63) is 0 Å². The molecule has 2 amide bonds. The van der Waals surface area contributed by atoms with Crippen LogP contribution in [0.5, 0.6) is 0 Å². The van der Waals surface area contributed by atoms with E-state index in [1.807, 2.05) is 34.6 Å². The van der Waals surface area contributed by atoms with Gasteiger partial charge in [-0.05, 0) is 20.8 Å². The Kier molecular flexibility index (Phi) is 4.91. The molecule has 1 N–H and O–H groups in total. The first-order chi connectivity index (χ1) is 8.70. The van der Waals surface area contributed by atoms with Crippen LogP contribution in [0.1, 0.15) is 34.6 Å². The third-order valence-corrected chi connectivity index (χ3v) is 2.49. The molecule has 0 aliphatic carbocycles. The highest BCUT2D eigenvalue weighted by Gasteiger charge is 2.29. The lowest BCUT2D eigenvalue weighted by molar-refractivity contribution is -0.141. The van der Waals surface area contributed by atoms with Crippen LogP contribution in [0.4, 0.5) is 4.79 Å². The maximum atomic E-state index is 12.0. The van der Waals surface area contributed by atoms with E-state index in [2.05, 4.69) is 10.3 Å². The highest BCUT2D eigenvalue weighted by atomic mass is 16.6. The van der Waals surface area contributed by atoms with Crippen molar-refractivity contribution in [3.63, 3.8) is 0 Å². The number of amides is 2. The summed E-state index contributed by atoms with van der Waals surface area (Å²) in [5, 5.41) is 2.69. The molecule has 1 rings (SSSR count). The van der Waals surface area contributed by atoms with E-state index in [0.717, 1.165) is 0 Å². The van der Waals surface area contributed by atoms with Crippen molar-refractivity contribution in [1.82, 2.24) is 10.2 Å². The van der Waals surface area contributed by atoms with E-state index in [4.69, 9.17) is 4.74 Å². The van der Waals surface area contributed by atoms with Crippen LogP contribution in [0.3, 0.4) is 0 Å². The zero-order chi connectivity index (χ0) is 14.6. The van der Waals surface area contributed by atoms with Crippen LogP contribution >= 0.6 is 0 Å². The Labute approximate surface area is 114 Å². The van der Waals surface area contributed by atoms with E-state index in [0.29, 0.717) is 13.1 Å². The Bertz CT molecular complexity index is 372. The summed E-state index contributed by atoms with van der Waals surface area (Å²) in [6.07, 6.45) is 0.241. The minimum atomic E-state index is -0.717. The van der Waals surface area contributed by atoms with Gasteiger partial charge < -0.3 is 15.0 Å². The normalized spacial score (nSPS) is 19.5. The summed E-state index contributed by atoms with van der Waals surface area (Å²) in [6, 6.07) is 0. The number of carbonyl (C=O) groups excluding carboxylic acids is 2. The van der Waals surface area contributed by atoms with Crippen LogP contribution in [0.25, 0.3) is 0 Å². The molecule has 6 heteroatoms. The zero-order valence-corrected chi connectivity index (χ0v) is 12.3. The molecule has 0 fully saturated rings. The average molecular weight is 269 g/mol. The molecule has 0 bridgehead atoms. The SMILES string of the molecule is CC(C)C(=O)N1CCN=CC1OC(=O)NC(C)(C)C. The Hall–Kier alpha value is -1.59. The molecule has 0 radical (unpaired) electrons. The molecular formula is C13H23N3O3. The van der Waals surface area contributed by atoms with Gasteiger partial charge in [-0.1, -0.05) is 13.8 Å². The van der Waals surface area contributed by atoms with Gasteiger partial charge in [0.05, 0.1) is 12.8 Å². The lowest BCUT2D eigenvalue weighted by Crippen LogP contribution is -2.51. The van der Waals surface area contributed by atoms with Gasteiger partial charge in [-0.3, -0.25) is 9.79 Å². The van der Waals surface area contributed by atoms with E-state index >= 15 is 0 Å². The molecule has 1 aliphatic heterocycles. The first-order valence-electron chi connectivity index (χ1n) is 6.50. The van der Waals surface area contributed by atoms with E-state index in [-0.39, 0.29) is 17.4 Å². The lowest BCUT2D eigenvalue weighted by atomic mass is 10.1. The fourth-order valence-electron chi connectivity index (χ4n) is 1.64. The predicted octanol–water partition coefficient (Wildman–Crippen LogP) is 1.41. The number of carbonyl (C=O) groups is 2. The van der Waals surface area contributed by atoms with Gasteiger partial charge in [0.1, 0.15) is 0 Å². The fourth-order valence-corrected chi connectivity index (χ4v) is 1.64. The Morgan fingerprint density at radius 3 is 2.58 bits per heavy atom. The van der Waals surface area contributed by atoms with Crippen LogP contribution in [-0.2, 0) is 9.53 Å². The molecule has 1 unspecified atom stereocenters. The monoisotopic (exact) mass is 269 g/mol. The minimum absolute atomic E-state index is 0.0419. The smallest absolute Gasteiger partial charge is 0.409 e. The van der Waals surface area contributed by atoms with Gasteiger partial charge in [-0.25, -0.2) is 4.79 Å². The van der Waals surface area contributed by atoms with Crippen LogP contribution < -0.4 is 5.32 Å². The topological polar surface area (TPSA) is 71.0 Å². The summed E-state index contributed by atoms with van der Waals surface area (Å²) in [4.78, 5) is 29.4. The number of nitrogens with one attached hydrogen (secondary N) is 1. The molecule has 108 valence electrons. The molecule has 0 aromatic rings. The average Bonchev–Trinajstić information content (AvgIpc) is 2.26. The summed E-state index contributed by atoms with van der Waals surface area (Å²) in [6.45, 7) is 10.2. The fraction of sp³-hybridized carbons (Fsp3) is 0.769. The van der Waals surface area contributed by atoms with E-state index in [9.17, 15) is 9.59 Å². The molecule has 6 nitrogen and oxygen atoms in total. The van der Waals surface area contributed by atoms with Crippen molar-refractivity contribution in [1.29, 1.82) is 0 Å². The first kappa shape index (κ1) is 15.5. The van der Waals surface area contributed by atoms with Crippen LogP contribution in [-0.4, -0.2) is 48.0 Å². The molecule has 0 aromatic heterocycles. The van der Waals surface area contributed by atoms with Crippen molar-refractivity contribution < 1.29 is 14.3 Å². The Morgan fingerprint density at radius 2 is 2.05 bits per heavy atom. The second-order valence-electron chi connectivity index (χ2n) is 5.91. The van der Waals surface area contributed by atoms with Gasteiger partial charge in [0.25, 0.3) is 0 Å². The highest BCUT2D eigenvalue weighted by molar-refractivity contribution is 5.83. The number of nitrogens with zero attached hydrogens (tertiary/aromatic N) is 2. The van der Waals surface area contributed by atoms with E-state index < -0.39 is 12.3 Å². The minimum Gasteiger partial charge on any atom is -0.420 e. The second-order valence-corrected chi connectivity index (χ2v) is 5.91. The molecule has 0 aromatic carbocycles. The molecule has 1 aliphatic rings. The highest BCUT2D eigenvalue weighted by Crippen LogP contribution is 2.11. The second kappa shape index (κ2) is 6.04. The third kappa shape index (κ3) is 4.89. The number of rotatable bonds is 2. The van der Waals surface area contributed by atoms with Gasteiger partial charge in [0, 0.05) is 18.0 Å². The summed E-state index contributed by atoms with van der Waals surface area (Å²) < 4.78 is 5.26. The lowest BCUT2D eigenvalue weighted by Gasteiger charge is -2.33. The maximum absolute atomic E-state index is 12.0. The van der Waals surface area contributed by atoms with Crippen molar-refractivity contribution in [3.8, 4) is 0 Å². The molecule has 0 saturated carbocycles. The maximum Gasteiger partial charge on any atom is 0.409 e. The van der Waals surface area contributed by atoms with Gasteiger partial charge in [0.15, 0.2) is 0 Å². The molecular weight excluding hydrogens is 246 g/mol. The number of hydrogen-bond donors (Lipinski definition) is 1. The summed E-state index contributed by atoms with van der Waals surface area (Å²) in [5.41, 5.74) is -0.379. The zero-order valence-electron chi connectivity index (χ0n) is 12.3. The molecule has 0 saturated heterocycles. The molecule has 1 heterocycles. The van der Waals surface area contributed by atoms with Crippen molar-refractivity contribution in [2.75, 3.05) is 13.1 Å². The molecule has 19 heavy (non-hydrogen) atoms. The van der Waals surface area contributed by atoms with Crippen LogP contribution in [0, 0.1) is 5.92 Å². The Balaban J connectivity index is 2.68.